The van der Waals surface area contributed by atoms with Gasteiger partial charge in [0, 0.05) is 18.7 Å². The van der Waals surface area contributed by atoms with Gasteiger partial charge in [-0.05, 0) is 37.5 Å². The van der Waals surface area contributed by atoms with Gasteiger partial charge >= 0.3 is 0 Å². The first-order valence-electron chi connectivity index (χ1n) is 8.35. The number of nitrogens with one attached hydrogen (secondary N) is 2. The van der Waals surface area contributed by atoms with E-state index in [1.165, 1.54) is 23.3 Å². The van der Waals surface area contributed by atoms with Crippen LogP contribution in [0.25, 0.3) is 0 Å². The Kier molecular flexibility index (Phi) is 9.04. The average Bonchev–Trinajstić information content (AvgIpc) is 2.60. The molecule has 0 saturated carbocycles. The van der Waals surface area contributed by atoms with Crippen molar-refractivity contribution in [2.75, 3.05) is 6.54 Å². The van der Waals surface area contributed by atoms with E-state index in [1.54, 1.807) is 12.1 Å². The number of hydrogen-bond acceptors (Lipinski definition) is 3. The van der Waals surface area contributed by atoms with Crippen LogP contribution < -0.4 is 10.6 Å². The zero-order valence-corrected chi connectivity index (χ0v) is 17.6. The van der Waals surface area contributed by atoms with Crippen LogP contribution >= 0.6 is 24.0 Å². The van der Waals surface area contributed by atoms with Crippen LogP contribution in [0.5, 0.6) is 0 Å². The third-order valence-corrected chi connectivity index (χ3v) is 3.92. The van der Waals surface area contributed by atoms with Crippen LogP contribution in [0.4, 0.5) is 5.69 Å². The van der Waals surface area contributed by atoms with E-state index >= 15 is 0 Å². The minimum atomic E-state index is -0.400. The normalized spacial score (nSPS) is 12.0. The Morgan fingerprint density at radius 3 is 2.42 bits per heavy atom. The van der Waals surface area contributed by atoms with Crippen molar-refractivity contribution in [1.29, 1.82) is 0 Å². The number of aryl methyl sites for hydroxylation is 1. The van der Waals surface area contributed by atoms with Gasteiger partial charge in [-0.15, -0.1) is 24.0 Å². The van der Waals surface area contributed by atoms with Crippen molar-refractivity contribution in [3.05, 3.63) is 75.3 Å². The van der Waals surface area contributed by atoms with Gasteiger partial charge in [0.1, 0.15) is 0 Å². The summed E-state index contributed by atoms with van der Waals surface area (Å²) in [6.07, 6.45) is 0. The molecule has 0 radical (unpaired) electrons. The maximum atomic E-state index is 10.7. The predicted molar refractivity (Wildman–Crippen MR) is 116 cm³/mol. The molecule has 2 aromatic rings. The Morgan fingerprint density at radius 1 is 1.19 bits per heavy atom. The highest BCUT2D eigenvalue weighted by Gasteiger charge is 2.10. The monoisotopic (exact) mass is 468 g/mol. The van der Waals surface area contributed by atoms with Crippen molar-refractivity contribution < 1.29 is 4.92 Å². The summed E-state index contributed by atoms with van der Waals surface area (Å²) in [7, 11) is 0. The van der Waals surface area contributed by atoms with Gasteiger partial charge < -0.3 is 10.6 Å². The van der Waals surface area contributed by atoms with Crippen molar-refractivity contribution in [3.63, 3.8) is 0 Å². The smallest absolute Gasteiger partial charge is 0.269 e. The molecule has 2 N–H and O–H groups in total. The molecule has 0 aromatic heterocycles. The number of aliphatic imine (C=N–C) groups is 1. The van der Waals surface area contributed by atoms with Gasteiger partial charge in [0.25, 0.3) is 5.69 Å². The summed E-state index contributed by atoms with van der Waals surface area (Å²) in [5, 5.41) is 17.3. The molecule has 0 aliphatic rings. The fraction of sp³-hybridized carbons (Fsp3) is 0.316. The molecule has 1 unspecified atom stereocenters. The second kappa shape index (κ2) is 10.7. The molecule has 0 fully saturated rings. The number of non-ortho nitro benzene ring substituents is 1. The summed E-state index contributed by atoms with van der Waals surface area (Å²) < 4.78 is 0. The molecule has 0 saturated heterocycles. The zero-order valence-electron chi connectivity index (χ0n) is 15.2. The predicted octanol–water partition coefficient (Wildman–Crippen LogP) is 4.34. The second-order valence-electron chi connectivity index (χ2n) is 5.84. The van der Waals surface area contributed by atoms with E-state index < -0.39 is 4.92 Å². The van der Waals surface area contributed by atoms with Crippen molar-refractivity contribution in [2.45, 2.75) is 33.4 Å². The van der Waals surface area contributed by atoms with Gasteiger partial charge in [0.05, 0.1) is 17.5 Å². The molecule has 0 aliphatic heterocycles. The first-order valence-corrected chi connectivity index (χ1v) is 8.35. The molecule has 0 aliphatic carbocycles. The van der Waals surface area contributed by atoms with E-state index in [1.807, 2.05) is 19.1 Å². The number of guanidine groups is 1. The largest absolute Gasteiger partial charge is 0.357 e. The molecular weight excluding hydrogens is 443 g/mol. The van der Waals surface area contributed by atoms with Crippen molar-refractivity contribution in [1.82, 2.24) is 10.6 Å². The Morgan fingerprint density at radius 2 is 1.85 bits per heavy atom. The van der Waals surface area contributed by atoms with E-state index in [2.05, 4.69) is 41.6 Å². The Hall–Kier alpha value is -2.16. The van der Waals surface area contributed by atoms with Crippen LogP contribution in [0.1, 0.15) is 36.6 Å². The highest BCUT2D eigenvalue weighted by molar-refractivity contribution is 14.0. The van der Waals surface area contributed by atoms with Crippen molar-refractivity contribution in [2.24, 2.45) is 4.99 Å². The van der Waals surface area contributed by atoms with Gasteiger partial charge in [0.15, 0.2) is 5.96 Å². The standard InChI is InChI=1S/C19H24N4O2.HI/c1-4-20-19(22-15(3)18-8-6-5-7-14(18)2)21-13-16-9-11-17(12-10-16)23(24)25;/h5-12,15H,4,13H2,1-3H3,(H2,20,21,22);1H. The molecule has 26 heavy (non-hydrogen) atoms. The molecule has 6 nitrogen and oxygen atoms in total. The Balaban J connectivity index is 0.00000338. The molecule has 140 valence electrons. The summed E-state index contributed by atoms with van der Waals surface area (Å²) >= 11 is 0. The van der Waals surface area contributed by atoms with Crippen LogP contribution in [0.3, 0.4) is 0 Å². The fourth-order valence-corrected chi connectivity index (χ4v) is 2.57. The first-order chi connectivity index (χ1) is 12.0. The highest BCUT2D eigenvalue weighted by Crippen LogP contribution is 2.16. The third kappa shape index (κ3) is 6.29. The van der Waals surface area contributed by atoms with E-state index in [0.29, 0.717) is 6.54 Å². The van der Waals surface area contributed by atoms with Crippen molar-refractivity contribution in [3.8, 4) is 0 Å². The molecule has 1 atom stereocenters. The SMILES string of the molecule is CCNC(=NCc1ccc([N+](=O)[O-])cc1)NC(C)c1ccccc1C.I. The lowest BCUT2D eigenvalue weighted by Gasteiger charge is -2.19. The number of nitrogens with zero attached hydrogens (tertiary/aromatic N) is 2. The number of benzene rings is 2. The van der Waals surface area contributed by atoms with Crippen LogP contribution in [0, 0.1) is 17.0 Å². The summed E-state index contributed by atoms with van der Waals surface area (Å²) in [6.45, 7) is 7.41. The van der Waals surface area contributed by atoms with Crippen molar-refractivity contribution >= 4 is 35.6 Å². The van der Waals surface area contributed by atoms with Gasteiger partial charge in [-0.3, -0.25) is 10.1 Å². The Bertz CT molecular complexity index is 747. The first kappa shape index (κ1) is 21.9. The maximum absolute atomic E-state index is 10.7. The lowest BCUT2D eigenvalue weighted by Crippen LogP contribution is -2.38. The fourth-order valence-electron chi connectivity index (χ4n) is 2.57. The van der Waals surface area contributed by atoms with Crippen LogP contribution in [0.2, 0.25) is 0 Å². The minimum absolute atomic E-state index is 0. The van der Waals surface area contributed by atoms with E-state index in [0.717, 1.165) is 18.1 Å². The maximum Gasteiger partial charge on any atom is 0.269 e. The summed E-state index contributed by atoms with van der Waals surface area (Å²) in [4.78, 5) is 14.9. The van der Waals surface area contributed by atoms with E-state index in [4.69, 9.17) is 0 Å². The summed E-state index contributed by atoms with van der Waals surface area (Å²) in [5.41, 5.74) is 3.47. The van der Waals surface area contributed by atoms with Gasteiger partial charge in [0.2, 0.25) is 0 Å². The van der Waals surface area contributed by atoms with Crippen LogP contribution in [-0.4, -0.2) is 17.4 Å². The van der Waals surface area contributed by atoms with Crippen LogP contribution in [0.15, 0.2) is 53.5 Å². The lowest BCUT2D eigenvalue weighted by atomic mass is 10.0. The topological polar surface area (TPSA) is 79.6 Å². The lowest BCUT2D eigenvalue weighted by molar-refractivity contribution is -0.384. The molecule has 2 rings (SSSR count). The number of nitro benzene ring substituents is 1. The molecule has 0 amide bonds. The van der Waals surface area contributed by atoms with Gasteiger partial charge in [-0.25, -0.2) is 4.99 Å². The molecule has 0 bridgehead atoms. The highest BCUT2D eigenvalue weighted by atomic mass is 127. The van der Waals surface area contributed by atoms with Gasteiger partial charge in [-0.1, -0.05) is 36.4 Å². The second-order valence-corrected chi connectivity index (χ2v) is 5.84. The third-order valence-electron chi connectivity index (χ3n) is 3.92. The quantitative estimate of drug-likeness (QED) is 0.217. The molecule has 0 spiro atoms. The summed E-state index contributed by atoms with van der Waals surface area (Å²) in [5.74, 6) is 0.719. The van der Waals surface area contributed by atoms with E-state index in [-0.39, 0.29) is 35.7 Å². The van der Waals surface area contributed by atoms with Gasteiger partial charge in [-0.2, -0.15) is 0 Å². The number of hydrogen-bond donors (Lipinski definition) is 2. The molecular formula is C19H25IN4O2. The average molecular weight is 468 g/mol. The number of rotatable bonds is 6. The minimum Gasteiger partial charge on any atom is -0.357 e. The summed E-state index contributed by atoms with van der Waals surface area (Å²) in [6, 6.07) is 14.8. The number of nitro groups is 1. The molecule has 7 heteroatoms. The molecule has 0 heterocycles. The van der Waals surface area contributed by atoms with E-state index in [9.17, 15) is 10.1 Å². The zero-order chi connectivity index (χ0) is 18.2. The van der Waals surface area contributed by atoms with Crippen LogP contribution in [-0.2, 0) is 6.54 Å². The Labute approximate surface area is 171 Å². The number of halogens is 1. The molecule has 2 aromatic carbocycles.